The van der Waals surface area contributed by atoms with Crippen molar-refractivity contribution in [3.8, 4) is 0 Å². The van der Waals surface area contributed by atoms with Crippen LogP contribution in [0.3, 0.4) is 0 Å². The number of ether oxygens (including phenoxy) is 1. The minimum absolute atomic E-state index is 0.307. The molecule has 2 nitrogen and oxygen atoms in total. The second kappa shape index (κ2) is 9.75. The molecule has 13 heavy (non-hydrogen) atoms. The zero-order valence-corrected chi connectivity index (χ0v) is 8.67. The van der Waals surface area contributed by atoms with Gasteiger partial charge in [0.15, 0.2) is 0 Å². The number of hydrogen-bond donors (Lipinski definition) is 1. The number of methoxy groups -OCH3 is 1. The molecule has 0 bridgehead atoms. The number of aliphatic hydroxyl groups is 1. The minimum atomic E-state index is -0.307. The average Bonchev–Trinajstić information content (AvgIpc) is 2.16. The molecular formula is C11H22O2. The summed E-state index contributed by atoms with van der Waals surface area (Å²) in [6.45, 7) is 4.40. The molecule has 0 spiro atoms. The van der Waals surface area contributed by atoms with E-state index in [4.69, 9.17) is 9.84 Å². The molecule has 78 valence electrons. The van der Waals surface area contributed by atoms with Crippen LogP contribution in [-0.4, -0.2) is 24.9 Å². The van der Waals surface area contributed by atoms with Gasteiger partial charge in [-0.1, -0.05) is 31.8 Å². The second-order valence-corrected chi connectivity index (χ2v) is 3.35. The van der Waals surface area contributed by atoms with Crippen LogP contribution in [-0.2, 0) is 4.74 Å². The lowest BCUT2D eigenvalue weighted by Crippen LogP contribution is -2.00. The van der Waals surface area contributed by atoms with Crippen LogP contribution in [0.4, 0.5) is 0 Å². The summed E-state index contributed by atoms with van der Waals surface area (Å²) >= 11 is 0. The maximum absolute atomic E-state index is 9.16. The van der Waals surface area contributed by atoms with Crippen molar-refractivity contribution in [3.05, 3.63) is 12.7 Å². The summed E-state index contributed by atoms with van der Waals surface area (Å²) in [5, 5.41) is 9.16. The Balaban J connectivity index is 2.95. The van der Waals surface area contributed by atoms with Crippen molar-refractivity contribution in [2.24, 2.45) is 0 Å². The van der Waals surface area contributed by atoms with E-state index in [2.05, 4.69) is 6.58 Å². The van der Waals surface area contributed by atoms with Crippen molar-refractivity contribution in [2.75, 3.05) is 13.7 Å². The van der Waals surface area contributed by atoms with E-state index in [-0.39, 0.29) is 6.10 Å². The molecule has 0 heterocycles. The van der Waals surface area contributed by atoms with E-state index in [1.807, 2.05) is 0 Å². The zero-order valence-electron chi connectivity index (χ0n) is 8.67. The summed E-state index contributed by atoms with van der Waals surface area (Å²) in [5.74, 6) is 0. The number of hydrogen-bond acceptors (Lipinski definition) is 2. The Hall–Kier alpha value is -0.340. The fourth-order valence-corrected chi connectivity index (χ4v) is 1.25. The number of aliphatic hydroxyl groups excluding tert-OH is 1. The standard InChI is InChI=1S/C11H22O2/c1-3-11(12)9-7-5-4-6-8-10-13-2/h3,11-12H,1,4-10H2,2H3. The molecular weight excluding hydrogens is 164 g/mol. The van der Waals surface area contributed by atoms with Gasteiger partial charge in [-0.2, -0.15) is 0 Å². The lowest BCUT2D eigenvalue weighted by atomic mass is 10.1. The summed E-state index contributed by atoms with van der Waals surface area (Å²) in [6, 6.07) is 0. The lowest BCUT2D eigenvalue weighted by Gasteiger charge is -2.04. The van der Waals surface area contributed by atoms with Gasteiger partial charge in [0.2, 0.25) is 0 Å². The molecule has 0 saturated heterocycles. The van der Waals surface area contributed by atoms with Gasteiger partial charge in [0.1, 0.15) is 0 Å². The minimum Gasteiger partial charge on any atom is -0.389 e. The fourth-order valence-electron chi connectivity index (χ4n) is 1.25. The van der Waals surface area contributed by atoms with Gasteiger partial charge in [-0.05, 0) is 12.8 Å². The Morgan fingerprint density at radius 3 is 2.46 bits per heavy atom. The van der Waals surface area contributed by atoms with E-state index in [0.717, 1.165) is 25.9 Å². The maximum Gasteiger partial charge on any atom is 0.0718 e. The number of rotatable bonds is 9. The Morgan fingerprint density at radius 2 is 1.85 bits per heavy atom. The lowest BCUT2D eigenvalue weighted by molar-refractivity contribution is 0.190. The Kier molecular flexibility index (Phi) is 9.49. The van der Waals surface area contributed by atoms with Crippen molar-refractivity contribution in [1.29, 1.82) is 0 Å². The molecule has 0 aliphatic heterocycles. The topological polar surface area (TPSA) is 29.5 Å². The van der Waals surface area contributed by atoms with Gasteiger partial charge in [0, 0.05) is 13.7 Å². The van der Waals surface area contributed by atoms with Crippen LogP contribution in [0.25, 0.3) is 0 Å². The SMILES string of the molecule is C=CC(O)CCCCCCCOC. The summed E-state index contributed by atoms with van der Waals surface area (Å²) < 4.78 is 4.95. The molecule has 0 rings (SSSR count). The monoisotopic (exact) mass is 186 g/mol. The van der Waals surface area contributed by atoms with E-state index in [1.54, 1.807) is 13.2 Å². The summed E-state index contributed by atoms with van der Waals surface area (Å²) in [5.41, 5.74) is 0. The van der Waals surface area contributed by atoms with Gasteiger partial charge in [-0.25, -0.2) is 0 Å². The molecule has 0 aliphatic carbocycles. The van der Waals surface area contributed by atoms with Crippen LogP contribution in [0, 0.1) is 0 Å². The average molecular weight is 186 g/mol. The van der Waals surface area contributed by atoms with E-state index in [1.165, 1.54) is 19.3 Å². The van der Waals surface area contributed by atoms with Gasteiger partial charge in [0.25, 0.3) is 0 Å². The smallest absolute Gasteiger partial charge is 0.0718 e. The summed E-state index contributed by atoms with van der Waals surface area (Å²) in [4.78, 5) is 0. The Bertz CT molecular complexity index is 113. The van der Waals surface area contributed by atoms with E-state index >= 15 is 0 Å². The first-order valence-electron chi connectivity index (χ1n) is 5.10. The number of unbranched alkanes of at least 4 members (excludes halogenated alkanes) is 4. The van der Waals surface area contributed by atoms with E-state index < -0.39 is 0 Å². The van der Waals surface area contributed by atoms with E-state index in [0.29, 0.717) is 0 Å². The molecule has 0 aromatic rings. The van der Waals surface area contributed by atoms with Crippen LogP contribution in [0.15, 0.2) is 12.7 Å². The maximum atomic E-state index is 9.16. The van der Waals surface area contributed by atoms with Crippen molar-refractivity contribution >= 4 is 0 Å². The molecule has 1 atom stereocenters. The van der Waals surface area contributed by atoms with Gasteiger partial charge >= 0.3 is 0 Å². The summed E-state index contributed by atoms with van der Waals surface area (Å²) in [7, 11) is 1.74. The van der Waals surface area contributed by atoms with Crippen LogP contribution < -0.4 is 0 Å². The predicted octanol–water partition coefficient (Wildman–Crippen LogP) is 2.52. The molecule has 0 aliphatic rings. The van der Waals surface area contributed by atoms with Crippen molar-refractivity contribution in [2.45, 2.75) is 44.6 Å². The molecule has 0 aromatic carbocycles. The third-order valence-electron chi connectivity index (χ3n) is 2.12. The highest BCUT2D eigenvalue weighted by Crippen LogP contribution is 2.07. The van der Waals surface area contributed by atoms with Crippen LogP contribution >= 0.6 is 0 Å². The predicted molar refractivity (Wildman–Crippen MR) is 55.8 cm³/mol. The summed E-state index contributed by atoms with van der Waals surface area (Å²) in [6.07, 6.45) is 8.08. The van der Waals surface area contributed by atoms with Crippen molar-refractivity contribution < 1.29 is 9.84 Å². The van der Waals surface area contributed by atoms with Crippen LogP contribution in [0.5, 0.6) is 0 Å². The molecule has 0 fully saturated rings. The van der Waals surface area contributed by atoms with Crippen molar-refractivity contribution in [1.82, 2.24) is 0 Å². The first kappa shape index (κ1) is 12.7. The zero-order chi connectivity index (χ0) is 9.94. The third-order valence-corrected chi connectivity index (χ3v) is 2.12. The first-order valence-corrected chi connectivity index (χ1v) is 5.10. The van der Waals surface area contributed by atoms with Crippen LogP contribution in [0.1, 0.15) is 38.5 Å². The quantitative estimate of drug-likeness (QED) is 0.443. The second-order valence-electron chi connectivity index (χ2n) is 3.35. The largest absolute Gasteiger partial charge is 0.389 e. The van der Waals surface area contributed by atoms with Gasteiger partial charge in [0.05, 0.1) is 6.10 Å². The molecule has 2 heteroatoms. The fraction of sp³-hybridized carbons (Fsp3) is 0.818. The molecule has 0 aromatic heterocycles. The molecule has 0 saturated carbocycles. The Morgan fingerprint density at radius 1 is 1.23 bits per heavy atom. The van der Waals surface area contributed by atoms with Gasteiger partial charge < -0.3 is 9.84 Å². The highest BCUT2D eigenvalue weighted by molar-refractivity contribution is 4.77. The van der Waals surface area contributed by atoms with Crippen LogP contribution in [0.2, 0.25) is 0 Å². The molecule has 0 radical (unpaired) electrons. The first-order chi connectivity index (χ1) is 6.31. The highest BCUT2D eigenvalue weighted by atomic mass is 16.5. The van der Waals surface area contributed by atoms with Crippen molar-refractivity contribution in [3.63, 3.8) is 0 Å². The molecule has 0 amide bonds. The Labute approximate surface area is 81.6 Å². The molecule has 1 N–H and O–H groups in total. The van der Waals surface area contributed by atoms with Gasteiger partial charge in [-0.15, -0.1) is 6.58 Å². The molecule has 1 unspecified atom stereocenters. The normalized spacial score (nSPS) is 12.8. The van der Waals surface area contributed by atoms with E-state index in [9.17, 15) is 0 Å². The highest BCUT2D eigenvalue weighted by Gasteiger charge is 1.97. The van der Waals surface area contributed by atoms with Gasteiger partial charge in [-0.3, -0.25) is 0 Å². The third kappa shape index (κ3) is 9.57.